The molecule has 110 valence electrons. The van der Waals surface area contributed by atoms with Crippen LogP contribution in [0.3, 0.4) is 0 Å². The summed E-state index contributed by atoms with van der Waals surface area (Å²) in [6.07, 6.45) is -0.643. The van der Waals surface area contributed by atoms with Crippen LogP contribution in [0, 0.1) is 0 Å². The molecular weight excluding hydrogens is 262 g/mol. The number of carboxylic acids is 1. The van der Waals surface area contributed by atoms with Gasteiger partial charge in [0.1, 0.15) is 11.4 Å². The van der Waals surface area contributed by atoms with Gasteiger partial charge in [-0.1, -0.05) is 6.07 Å². The molecule has 1 aromatic rings. The Morgan fingerprint density at radius 2 is 1.90 bits per heavy atom. The van der Waals surface area contributed by atoms with E-state index in [1.165, 1.54) is 25.1 Å². The summed E-state index contributed by atoms with van der Waals surface area (Å²) in [5.74, 6) is -2.05. The Hall–Kier alpha value is -2.24. The Bertz CT molecular complexity index is 519. The van der Waals surface area contributed by atoms with E-state index >= 15 is 0 Å². The molecule has 0 aliphatic rings. The maximum atomic E-state index is 11.6. The molecule has 0 aliphatic heterocycles. The van der Waals surface area contributed by atoms with E-state index in [9.17, 15) is 14.7 Å². The van der Waals surface area contributed by atoms with Gasteiger partial charge >= 0.3 is 12.1 Å². The first-order valence-corrected chi connectivity index (χ1v) is 6.16. The molecule has 0 bridgehead atoms. The van der Waals surface area contributed by atoms with Crippen molar-refractivity contribution in [3.63, 3.8) is 0 Å². The van der Waals surface area contributed by atoms with E-state index in [-0.39, 0.29) is 11.3 Å². The predicted molar refractivity (Wildman–Crippen MR) is 74.0 cm³/mol. The van der Waals surface area contributed by atoms with Gasteiger partial charge in [0.25, 0.3) is 0 Å². The minimum atomic E-state index is -1.03. The molecule has 20 heavy (non-hydrogen) atoms. The third-order valence-electron chi connectivity index (χ3n) is 2.51. The highest BCUT2D eigenvalue weighted by molar-refractivity contribution is 5.85. The second kappa shape index (κ2) is 5.81. The zero-order valence-corrected chi connectivity index (χ0v) is 11.9. The van der Waals surface area contributed by atoms with Gasteiger partial charge in [-0.15, -0.1) is 0 Å². The summed E-state index contributed by atoms with van der Waals surface area (Å²) in [6.45, 7) is 6.68. The molecule has 0 aliphatic carbocycles. The Labute approximate surface area is 117 Å². The van der Waals surface area contributed by atoms with Gasteiger partial charge < -0.3 is 14.9 Å². The van der Waals surface area contributed by atoms with Gasteiger partial charge in [-0.3, -0.25) is 10.1 Å². The van der Waals surface area contributed by atoms with Gasteiger partial charge in [-0.25, -0.2) is 4.79 Å². The number of amides is 1. The van der Waals surface area contributed by atoms with Gasteiger partial charge in [-0.05, 0) is 33.8 Å². The standard InChI is InChI=1S/C14H19NO5/c1-8(12(17)18)10-6-5-9(7-11(10)16)15-13(19)20-14(2,3)4/h5-8,16H,1-4H3,(H,15,19)(H,17,18). The number of rotatable bonds is 3. The monoisotopic (exact) mass is 281 g/mol. The molecule has 6 heteroatoms. The summed E-state index contributed by atoms with van der Waals surface area (Å²) in [6, 6.07) is 4.26. The molecule has 0 aromatic heterocycles. The fourth-order valence-corrected chi connectivity index (χ4v) is 1.54. The van der Waals surface area contributed by atoms with Gasteiger partial charge in [0.05, 0.1) is 5.92 Å². The zero-order valence-electron chi connectivity index (χ0n) is 11.9. The number of carbonyl (C=O) groups excluding carboxylic acids is 1. The van der Waals surface area contributed by atoms with E-state index in [0.29, 0.717) is 5.69 Å². The van der Waals surface area contributed by atoms with E-state index in [1.807, 2.05) is 0 Å². The van der Waals surface area contributed by atoms with Crippen LogP contribution in [0.4, 0.5) is 10.5 Å². The Morgan fingerprint density at radius 3 is 2.35 bits per heavy atom. The quantitative estimate of drug-likeness (QED) is 0.791. The second-order valence-electron chi connectivity index (χ2n) is 5.46. The average molecular weight is 281 g/mol. The number of nitrogens with one attached hydrogen (secondary N) is 1. The average Bonchev–Trinajstić information content (AvgIpc) is 2.25. The second-order valence-corrected chi connectivity index (χ2v) is 5.46. The number of hydrogen-bond donors (Lipinski definition) is 3. The fraction of sp³-hybridized carbons (Fsp3) is 0.429. The van der Waals surface area contributed by atoms with E-state index in [2.05, 4.69) is 5.32 Å². The molecule has 0 heterocycles. The Morgan fingerprint density at radius 1 is 1.30 bits per heavy atom. The lowest BCUT2D eigenvalue weighted by Gasteiger charge is -2.20. The van der Waals surface area contributed by atoms with Crippen molar-refractivity contribution in [3.05, 3.63) is 23.8 Å². The van der Waals surface area contributed by atoms with Crippen LogP contribution < -0.4 is 5.32 Å². The smallest absolute Gasteiger partial charge is 0.412 e. The van der Waals surface area contributed by atoms with Crippen molar-refractivity contribution < 1.29 is 24.5 Å². The van der Waals surface area contributed by atoms with Crippen molar-refractivity contribution in [1.29, 1.82) is 0 Å². The first-order valence-electron chi connectivity index (χ1n) is 6.16. The minimum Gasteiger partial charge on any atom is -0.508 e. The third-order valence-corrected chi connectivity index (χ3v) is 2.51. The largest absolute Gasteiger partial charge is 0.508 e. The lowest BCUT2D eigenvalue weighted by Crippen LogP contribution is -2.27. The number of aromatic hydroxyl groups is 1. The summed E-state index contributed by atoms with van der Waals surface area (Å²) < 4.78 is 5.07. The highest BCUT2D eigenvalue weighted by Gasteiger charge is 2.19. The highest BCUT2D eigenvalue weighted by atomic mass is 16.6. The number of benzene rings is 1. The SMILES string of the molecule is CC(C(=O)O)c1ccc(NC(=O)OC(C)(C)C)cc1O. The van der Waals surface area contributed by atoms with Crippen LogP contribution in [0.15, 0.2) is 18.2 Å². The van der Waals surface area contributed by atoms with Crippen LogP contribution in [0.25, 0.3) is 0 Å². The molecule has 1 aromatic carbocycles. The molecule has 1 unspecified atom stereocenters. The molecule has 0 fully saturated rings. The minimum absolute atomic E-state index is 0.187. The van der Waals surface area contributed by atoms with Crippen LogP contribution in [0.2, 0.25) is 0 Å². The van der Waals surface area contributed by atoms with Gasteiger partial charge in [0, 0.05) is 17.3 Å². The number of hydrogen-bond acceptors (Lipinski definition) is 4. The molecule has 1 rings (SSSR count). The summed E-state index contributed by atoms with van der Waals surface area (Å²) >= 11 is 0. The molecule has 3 N–H and O–H groups in total. The van der Waals surface area contributed by atoms with Crippen molar-refractivity contribution >= 4 is 17.7 Å². The van der Waals surface area contributed by atoms with Gasteiger partial charge in [-0.2, -0.15) is 0 Å². The molecule has 6 nitrogen and oxygen atoms in total. The molecule has 0 spiro atoms. The van der Waals surface area contributed by atoms with Crippen molar-refractivity contribution in [2.45, 2.75) is 39.2 Å². The molecule has 0 saturated heterocycles. The van der Waals surface area contributed by atoms with Crippen molar-refractivity contribution in [1.82, 2.24) is 0 Å². The summed E-state index contributed by atoms with van der Waals surface area (Å²) in [4.78, 5) is 22.4. The van der Waals surface area contributed by atoms with Crippen molar-refractivity contribution in [2.24, 2.45) is 0 Å². The summed E-state index contributed by atoms with van der Waals surface area (Å²) in [7, 11) is 0. The summed E-state index contributed by atoms with van der Waals surface area (Å²) in [5, 5.41) is 21.2. The topological polar surface area (TPSA) is 95.9 Å². The number of aliphatic carboxylic acids is 1. The normalized spacial score (nSPS) is 12.6. The van der Waals surface area contributed by atoms with E-state index in [0.717, 1.165) is 0 Å². The van der Waals surface area contributed by atoms with Crippen LogP contribution in [0.1, 0.15) is 39.2 Å². The number of phenols is 1. The lowest BCUT2D eigenvalue weighted by atomic mass is 10.00. The predicted octanol–water partition coefficient (Wildman–Crippen LogP) is 2.93. The molecule has 1 atom stereocenters. The van der Waals surface area contributed by atoms with E-state index < -0.39 is 23.6 Å². The number of anilines is 1. The molecule has 1 amide bonds. The van der Waals surface area contributed by atoms with Crippen LogP contribution >= 0.6 is 0 Å². The number of phenolic OH excluding ortho intramolecular Hbond substituents is 1. The van der Waals surface area contributed by atoms with Crippen molar-refractivity contribution in [3.8, 4) is 5.75 Å². The first-order chi connectivity index (χ1) is 9.10. The maximum absolute atomic E-state index is 11.6. The Balaban J connectivity index is 2.83. The number of ether oxygens (including phenoxy) is 1. The van der Waals surface area contributed by atoms with E-state index in [4.69, 9.17) is 9.84 Å². The van der Waals surface area contributed by atoms with Gasteiger partial charge in [0.2, 0.25) is 0 Å². The highest BCUT2D eigenvalue weighted by Crippen LogP contribution is 2.29. The Kier molecular flexibility index (Phi) is 4.60. The van der Waals surface area contributed by atoms with Crippen LogP contribution in [-0.2, 0) is 9.53 Å². The first kappa shape index (κ1) is 15.8. The summed E-state index contributed by atoms with van der Waals surface area (Å²) in [5.41, 5.74) is -0.00510. The third kappa shape index (κ3) is 4.46. The van der Waals surface area contributed by atoms with Gasteiger partial charge in [0.15, 0.2) is 0 Å². The van der Waals surface area contributed by atoms with Crippen LogP contribution in [0.5, 0.6) is 5.75 Å². The number of carbonyl (C=O) groups is 2. The van der Waals surface area contributed by atoms with Crippen LogP contribution in [-0.4, -0.2) is 27.9 Å². The molecule has 0 saturated carbocycles. The zero-order chi connectivity index (χ0) is 15.5. The lowest BCUT2D eigenvalue weighted by molar-refractivity contribution is -0.138. The fourth-order valence-electron chi connectivity index (χ4n) is 1.54. The molecule has 0 radical (unpaired) electrons. The maximum Gasteiger partial charge on any atom is 0.412 e. The van der Waals surface area contributed by atoms with E-state index in [1.54, 1.807) is 20.8 Å². The van der Waals surface area contributed by atoms with Crippen molar-refractivity contribution in [2.75, 3.05) is 5.32 Å². The number of carboxylic acid groups (broad SMARTS) is 1. The molecular formula is C14H19NO5.